The molecule has 0 amide bonds. The van der Waals surface area contributed by atoms with Crippen LogP contribution in [0, 0.1) is 5.41 Å². The minimum atomic E-state index is -4.47. The van der Waals surface area contributed by atoms with Gasteiger partial charge in [-0.05, 0) is 31.5 Å². The molecule has 3 nitrogen and oxygen atoms in total. The van der Waals surface area contributed by atoms with Gasteiger partial charge in [0, 0.05) is 12.0 Å². The third kappa shape index (κ3) is 5.65. The summed E-state index contributed by atoms with van der Waals surface area (Å²) in [6.45, 7) is 9.20. The molecule has 1 aromatic rings. The van der Waals surface area contributed by atoms with Crippen molar-refractivity contribution in [3.63, 3.8) is 0 Å². The van der Waals surface area contributed by atoms with Crippen LogP contribution in [0.4, 0.5) is 13.2 Å². The summed E-state index contributed by atoms with van der Waals surface area (Å²) >= 11 is 0. The van der Waals surface area contributed by atoms with Crippen LogP contribution in [0.1, 0.15) is 46.1 Å². The summed E-state index contributed by atoms with van der Waals surface area (Å²) in [4.78, 5) is 12.7. The highest BCUT2D eigenvalue weighted by atomic mass is 28.3. The number of halogens is 3. The molecular weight excluding hydrogens is 397 g/mol. The Balaban J connectivity index is 3.89. The second kappa shape index (κ2) is 9.83. The lowest BCUT2D eigenvalue weighted by Crippen LogP contribution is -2.44. The number of carbonyl (C=O) groups is 1. The van der Waals surface area contributed by atoms with Gasteiger partial charge in [0.15, 0.2) is 0 Å². The van der Waals surface area contributed by atoms with Crippen molar-refractivity contribution in [2.75, 3.05) is 14.2 Å². The Kier molecular flexibility index (Phi) is 8.56. The van der Waals surface area contributed by atoms with Gasteiger partial charge in [-0.25, -0.2) is 0 Å². The van der Waals surface area contributed by atoms with Crippen molar-refractivity contribution < 1.29 is 27.4 Å². The van der Waals surface area contributed by atoms with E-state index in [2.05, 4.69) is 0 Å². The van der Waals surface area contributed by atoms with Crippen LogP contribution in [-0.4, -0.2) is 34.4 Å². The minimum Gasteiger partial charge on any atom is -0.497 e. The first-order valence-corrected chi connectivity index (χ1v) is 12.6. The highest BCUT2D eigenvalue weighted by molar-refractivity contribution is 6.86. The van der Waals surface area contributed by atoms with E-state index in [4.69, 9.17) is 9.47 Å². The lowest BCUT2D eigenvalue weighted by molar-refractivity contribution is -0.151. The average Bonchev–Trinajstić information content (AvgIpc) is 2.68. The summed E-state index contributed by atoms with van der Waals surface area (Å²) in [5.41, 5.74) is -0.512. The van der Waals surface area contributed by atoms with E-state index in [1.54, 1.807) is 38.1 Å². The summed E-state index contributed by atoms with van der Waals surface area (Å²) in [6.07, 6.45) is -4.00. The van der Waals surface area contributed by atoms with E-state index in [9.17, 15) is 18.0 Å². The van der Waals surface area contributed by atoms with E-state index in [0.29, 0.717) is 40.7 Å². The topological polar surface area (TPSA) is 35.5 Å². The van der Waals surface area contributed by atoms with Gasteiger partial charge in [-0.1, -0.05) is 56.2 Å². The standard InChI is InChI=1S/C22H33F3O3Si/c1-8-29(9-2,10-3)18(15-22(23,24)25)19(21(4,5)20(26)28-7)16-11-13-17(27-6)14-12-16/h11-15,19H,8-10H2,1-7H3/b18-15+. The average molecular weight is 431 g/mol. The van der Waals surface area contributed by atoms with Gasteiger partial charge < -0.3 is 9.47 Å². The number of hydrogen-bond donors (Lipinski definition) is 0. The van der Waals surface area contributed by atoms with E-state index in [-0.39, 0.29) is 0 Å². The number of methoxy groups -OCH3 is 2. The van der Waals surface area contributed by atoms with Crippen LogP contribution >= 0.6 is 0 Å². The Labute approximate surface area is 173 Å². The second-order valence-corrected chi connectivity index (χ2v) is 13.2. The predicted molar refractivity (Wildman–Crippen MR) is 113 cm³/mol. The Bertz CT molecular complexity index is 697. The van der Waals surface area contributed by atoms with Gasteiger partial charge in [-0.3, -0.25) is 4.79 Å². The fourth-order valence-corrected chi connectivity index (χ4v) is 8.58. The molecule has 0 aliphatic carbocycles. The van der Waals surface area contributed by atoms with Crippen LogP contribution in [0.25, 0.3) is 0 Å². The molecule has 0 aromatic heterocycles. The van der Waals surface area contributed by atoms with Gasteiger partial charge >= 0.3 is 12.1 Å². The lowest BCUT2D eigenvalue weighted by Gasteiger charge is -2.42. The quantitative estimate of drug-likeness (QED) is 0.331. The molecule has 1 atom stereocenters. The van der Waals surface area contributed by atoms with Crippen molar-refractivity contribution in [1.29, 1.82) is 0 Å². The zero-order chi connectivity index (χ0) is 22.5. The molecule has 164 valence electrons. The number of alkyl halides is 3. The largest absolute Gasteiger partial charge is 0.497 e. The monoisotopic (exact) mass is 430 g/mol. The maximum atomic E-state index is 13.7. The molecule has 1 aromatic carbocycles. The van der Waals surface area contributed by atoms with Crippen LogP contribution in [0.3, 0.4) is 0 Å². The molecule has 0 aliphatic heterocycles. The first kappa shape index (κ1) is 25.3. The molecule has 0 N–H and O–H groups in total. The van der Waals surface area contributed by atoms with Crippen LogP contribution in [0.2, 0.25) is 18.1 Å². The van der Waals surface area contributed by atoms with Crippen molar-refractivity contribution in [2.24, 2.45) is 5.41 Å². The van der Waals surface area contributed by atoms with E-state index >= 15 is 0 Å². The van der Waals surface area contributed by atoms with Crippen LogP contribution in [0.15, 0.2) is 35.5 Å². The molecule has 7 heteroatoms. The molecule has 29 heavy (non-hydrogen) atoms. The SMILES string of the molecule is CC[Si](CC)(CC)/C(=C/C(F)(F)F)C(c1ccc(OC)cc1)C(C)(C)C(=O)OC. The lowest BCUT2D eigenvalue weighted by atomic mass is 9.74. The van der Waals surface area contributed by atoms with Gasteiger partial charge in [0.05, 0.1) is 27.7 Å². The third-order valence-corrected chi connectivity index (χ3v) is 11.9. The van der Waals surface area contributed by atoms with Gasteiger partial charge in [0.1, 0.15) is 5.75 Å². The Morgan fingerprint density at radius 3 is 1.86 bits per heavy atom. The maximum absolute atomic E-state index is 13.7. The zero-order valence-electron chi connectivity index (χ0n) is 18.4. The Morgan fingerprint density at radius 1 is 1.03 bits per heavy atom. The van der Waals surface area contributed by atoms with E-state index in [1.807, 2.05) is 20.8 Å². The molecule has 1 rings (SSSR count). The highest BCUT2D eigenvalue weighted by Crippen LogP contribution is 2.49. The molecular formula is C22H33F3O3Si. The first-order valence-electron chi connectivity index (χ1n) is 9.94. The van der Waals surface area contributed by atoms with Crippen LogP contribution in [0.5, 0.6) is 5.75 Å². The fourth-order valence-electron chi connectivity index (χ4n) is 4.24. The van der Waals surface area contributed by atoms with Crippen molar-refractivity contribution >= 4 is 14.0 Å². The number of allylic oxidation sites excluding steroid dienone is 2. The predicted octanol–water partition coefficient (Wildman–Crippen LogP) is 6.51. The molecule has 0 radical (unpaired) electrons. The number of carbonyl (C=O) groups excluding carboxylic acids is 1. The zero-order valence-corrected chi connectivity index (χ0v) is 19.4. The van der Waals surface area contributed by atoms with E-state index < -0.39 is 31.6 Å². The molecule has 0 saturated heterocycles. The number of ether oxygens (including phenoxy) is 2. The van der Waals surface area contributed by atoms with Crippen molar-refractivity contribution in [3.8, 4) is 5.75 Å². The molecule has 1 unspecified atom stereocenters. The van der Waals surface area contributed by atoms with Gasteiger partial charge in [-0.2, -0.15) is 13.2 Å². The van der Waals surface area contributed by atoms with Crippen molar-refractivity contribution in [2.45, 2.75) is 64.8 Å². The maximum Gasteiger partial charge on any atom is 0.409 e. The molecule has 0 saturated carbocycles. The first-order chi connectivity index (χ1) is 13.4. The number of rotatable bonds is 9. The molecule has 0 spiro atoms. The Hall–Kier alpha value is -1.76. The number of esters is 1. The van der Waals surface area contributed by atoms with Crippen molar-refractivity contribution in [3.05, 3.63) is 41.1 Å². The third-order valence-electron chi connectivity index (χ3n) is 6.16. The molecule has 0 heterocycles. The smallest absolute Gasteiger partial charge is 0.409 e. The van der Waals surface area contributed by atoms with E-state index in [1.165, 1.54) is 14.2 Å². The Morgan fingerprint density at radius 2 is 1.52 bits per heavy atom. The minimum absolute atomic E-state index is 0.359. The van der Waals surface area contributed by atoms with Crippen molar-refractivity contribution in [1.82, 2.24) is 0 Å². The number of benzene rings is 1. The molecule has 0 fully saturated rings. The second-order valence-electron chi connectivity index (χ2n) is 7.90. The van der Waals surface area contributed by atoms with Crippen LogP contribution < -0.4 is 4.74 Å². The summed E-state index contributed by atoms with van der Waals surface area (Å²) < 4.78 is 51.4. The summed E-state index contributed by atoms with van der Waals surface area (Å²) in [5, 5.41) is 0.359. The fraction of sp³-hybridized carbons (Fsp3) is 0.591. The number of hydrogen-bond acceptors (Lipinski definition) is 3. The molecule has 0 aliphatic rings. The highest BCUT2D eigenvalue weighted by Gasteiger charge is 2.48. The summed E-state index contributed by atoms with van der Waals surface area (Å²) in [5.74, 6) is -0.665. The summed E-state index contributed by atoms with van der Waals surface area (Å²) in [7, 11) is 0.310. The summed E-state index contributed by atoms with van der Waals surface area (Å²) in [6, 6.07) is 8.95. The van der Waals surface area contributed by atoms with Gasteiger partial charge in [0.2, 0.25) is 0 Å². The van der Waals surface area contributed by atoms with Gasteiger partial charge in [-0.15, -0.1) is 0 Å². The normalized spacial score (nSPS) is 14.5. The van der Waals surface area contributed by atoms with E-state index in [0.717, 1.165) is 0 Å². The van der Waals surface area contributed by atoms with Gasteiger partial charge in [0.25, 0.3) is 0 Å². The van der Waals surface area contributed by atoms with Crippen LogP contribution in [-0.2, 0) is 9.53 Å². The molecule has 0 bridgehead atoms.